The Morgan fingerprint density at radius 1 is 1.00 bits per heavy atom. The van der Waals surface area contributed by atoms with Crippen molar-refractivity contribution in [2.45, 2.75) is 69.8 Å². The van der Waals surface area contributed by atoms with Crippen molar-refractivity contribution in [1.82, 2.24) is 4.98 Å². The van der Waals surface area contributed by atoms with Crippen LogP contribution in [0.5, 0.6) is 0 Å². The Labute approximate surface area is 185 Å². The second kappa shape index (κ2) is 7.28. The normalized spacial score (nSPS) is 32.5. The quantitative estimate of drug-likeness (QED) is 0.566. The van der Waals surface area contributed by atoms with Gasteiger partial charge in [0, 0.05) is 44.0 Å². The first-order chi connectivity index (χ1) is 15.1. The van der Waals surface area contributed by atoms with E-state index in [1.54, 1.807) is 27.2 Å². The monoisotopic (exact) mass is 445 g/mol. The van der Waals surface area contributed by atoms with E-state index in [-0.39, 0.29) is 0 Å². The van der Waals surface area contributed by atoms with E-state index in [1.807, 2.05) is 24.3 Å². The Morgan fingerprint density at radius 3 is 2.38 bits per heavy atom. The van der Waals surface area contributed by atoms with Gasteiger partial charge in [-0.1, -0.05) is 18.2 Å². The summed E-state index contributed by atoms with van der Waals surface area (Å²) in [6, 6.07) is 7.64. The van der Waals surface area contributed by atoms with Crippen molar-refractivity contribution in [1.29, 1.82) is 0 Å². The number of fused-ring (bicyclic) bond motifs is 2. The SMILES string of the molecule is CO[C@@H]1[C@H]2OC(C)(C)O[C@H]2O[C@@H]1C(c1c[nH]c2ccccc12)C1C(=O)OC(C)(C)OC1=O. The van der Waals surface area contributed by atoms with Crippen LogP contribution in [-0.4, -0.2) is 60.2 Å². The van der Waals surface area contributed by atoms with Crippen LogP contribution in [-0.2, 0) is 38.0 Å². The Morgan fingerprint density at radius 2 is 1.69 bits per heavy atom. The van der Waals surface area contributed by atoms with Crippen molar-refractivity contribution in [3.8, 4) is 0 Å². The predicted octanol–water partition coefficient (Wildman–Crippen LogP) is 2.60. The first kappa shape index (κ1) is 21.4. The molecule has 0 bridgehead atoms. The van der Waals surface area contributed by atoms with Gasteiger partial charge < -0.3 is 33.4 Å². The molecule has 3 aliphatic rings. The highest BCUT2D eigenvalue weighted by Crippen LogP contribution is 2.47. The van der Waals surface area contributed by atoms with Gasteiger partial charge in [-0.2, -0.15) is 0 Å². The van der Waals surface area contributed by atoms with Gasteiger partial charge in [-0.3, -0.25) is 9.59 Å². The van der Waals surface area contributed by atoms with Crippen LogP contribution < -0.4 is 0 Å². The second-order valence-electron chi connectivity index (χ2n) is 9.30. The van der Waals surface area contributed by atoms with E-state index in [9.17, 15) is 9.59 Å². The number of aromatic nitrogens is 1. The maximum absolute atomic E-state index is 13.1. The van der Waals surface area contributed by atoms with Crippen molar-refractivity contribution in [3.05, 3.63) is 36.0 Å². The number of methoxy groups -OCH3 is 1. The molecule has 3 fully saturated rings. The molecule has 0 aliphatic carbocycles. The number of ether oxygens (including phenoxy) is 6. The van der Waals surface area contributed by atoms with Gasteiger partial charge in [0.1, 0.15) is 12.2 Å². The van der Waals surface area contributed by atoms with Gasteiger partial charge in [0.05, 0.1) is 6.10 Å². The smallest absolute Gasteiger partial charge is 0.324 e. The number of aromatic amines is 1. The van der Waals surface area contributed by atoms with E-state index in [4.69, 9.17) is 28.4 Å². The lowest BCUT2D eigenvalue weighted by molar-refractivity contribution is -0.248. The molecule has 3 saturated heterocycles. The van der Waals surface area contributed by atoms with Crippen molar-refractivity contribution < 1.29 is 38.0 Å². The maximum Gasteiger partial charge on any atom is 0.324 e. The third-order valence-corrected chi connectivity index (χ3v) is 6.19. The molecule has 2 aromatic rings. The van der Waals surface area contributed by atoms with Crippen molar-refractivity contribution in [2.24, 2.45) is 5.92 Å². The highest BCUT2D eigenvalue weighted by atomic mass is 16.8. The zero-order valence-electron chi connectivity index (χ0n) is 18.6. The summed E-state index contributed by atoms with van der Waals surface area (Å²) < 4.78 is 34.9. The Bertz CT molecular complexity index is 1040. The Hall–Kier alpha value is -2.46. The lowest BCUT2D eigenvalue weighted by Crippen LogP contribution is -2.52. The zero-order chi connectivity index (χ0) is 22.8. The molecule has 5 atom stereocenters. The summed E-state index contributed by atoms with van der Waals surface area (Å²) >= 11 is 0. The number of cyclic esters (lactones) is 2. The van der Waals surface area contributed by atoms with Crippen molar-refractivity contribution in [3.63, 3.8) is 0 Å². The van der Waals surface area contributed by atoms with Gasteiger partial charge in [0.2, 0.25) is 0 Å². The molecule has 9 heteroatoms. The average molecular weight is 445 g/mol. The first-order valence-electron chi connectivity index (χ1n) is 10.7. The van der Waals surface area contributed by atoms with Gasteiger partial charge >= 0.3 is 11.9 Å². The maximum atomic E-state index is 13.1. The minimum absolute atomic E-state index is 0.514. The third kappa shape index (κ3) is 3.40. The summed E-state index contributed by atoms with van der Waals surface area (Å²) in [4.78, 5) is 29.4. The Kier molecular flexibility index (Phi) is 4.86. The molecule has 9 nitrogen and oxygen atoms in total. The highest BCUT2D eigenvalue weighted by Gasteiger charge is 2.61. The van der Waals surface area contributed by atoms with E-state index in [2.05, 4.69) is 4.98 Å². The number of hydrogen-bond donors (Lipinski definition) is 1. The molecule has 3 aliphatic heterocycles. The standard InChI is InChI=1S/C23H27NO8/c1-22(2)29-18-17(27-5)16(28-21(18)32-22)14(12-10-24-13-9-7-6-8-11(12)13)15-19(25)30-23(3,4)31-20(15)26/h6-10,14-18,21,24H,1-5H3/t14?,16-,17+,18-,21-/m1/s1. The molecule has 0 amide bonds. The molecule has 172 valence electrons. The fourth-order valence-corrected chi connectivity index (χ4v) is 5.00. The van der Waals surface area contributed by atoms with Gasteiger partial charge in [-0.15, -0.1) is 0 Å². The number of benzene rings is 1. The van der Waals surface area contributed by atoms with Gasteiger partial charge in [0.15, 0.2) is 18.0 Å². The molecule has 0 saturated carbocycles. The van der Waals surface area contributed by atoms with Crippen molar-refractivity contribution >= 4 is 22.8 Å². The topological polar surface area (TPSA) is 105 Å². The summed E-state index contributed by atoms with van der Waals surface area (Å²) in [6.07, 6.45) is -0.738. The van der Waals surface area contributed by atoms with Crippen molar-refractivity contribution in [2.75, 3.05) is 7.11 Å². The fourth-order valence-electron chi connectivity index (χ4n) is 5.00. The zero-order valence-corrected chi connectivity index (χ0v) is 18.6. The van der Waals surface area contributed by atoms with Crippen LogP contribution in [0.2, 0.25) is 0 Å². The number of hydrogen-bond acceptors (Lipinski definition) is 8. The van der Waals surface area contributed by atoms with Crippen LogP contribution in [0.25, 0.3) is 10.9 Å². The lowest BCUT2D eigenvalue weighted by Gasteiger charge is -2.38. The first-order valence-corrected chi connectivity index (χ1v) is 10.7. The number of nitrogens with one attached hydrogen (secondary N) is 1. The number of esters is 2. The fraction of sp³-hybridized carbons (Fsp3) is 0.565. The lowest BCUT2D eigenvalue weighted by atomic mass is 9.79. The molecule has 1 aromatic carbocycles. The van der Waals surface area contributed by atoms with Gasteiger partial charge in [-0.05, 0) is 25.5 Å². The predicted molar refractivity (Wildman–Crippen MR) is 110 cm³/mol. The van der Waals surface area contributed by atoms with Crippen LogP contribution in [0.15, 0.2) is 30.5 Å². The summed E-state index contributed by atoms with van der Waals surface area (Å²) in [7, 11) is 1.55. The number of carbonyl (C=O) groups is 2. The van der Waals surface area contributed by atoms with E-state index in [1.165, 1.54) is 13.8 Å². The number of carbonyl (C=O) groups excluding carboxylic acids is 2. The van der Waals surface area contributed by atoms with Crippen LogP contribution >= 0.6 is 0 Å². The summed E-state index contributed by atoms with van der Waals surface area (Å²) in [5, 5.41) is 0.862. The molecular weight excluding hydrogens is 418 g/mol. The second-order valence-corrected chi connectivity index (χ2v) is 9.30. The largest absolute Gasteiger partial charge is 0.422 e. The third-order valence-electron chi connectivity index (χ3n) is 6.19. The van der Waals surface area contributed by atoms with E-state index in [0.717, 1.165) is 16.5 Å². The number of para-hydroxylation sites is 1. The highest BCUT2D eigenvalue weighted by molar-refractivity contribution is 5.99. The molecule has 0 radical (unpaired) electrons. The number of rotatable bonds is 4. The van der Waals surface area contributed by atoms with Gasteiger partial charge in [0.25, 0.3) is 5.79 Å². The number of H-pyrrole nitrogens is 1. The van der Waals surface area contributed by atoms with Gasteiger partial charge in [-0.25, -0.2) is 0 Å². The van der Waals surface area contributed by atoms with Crippen LogP contribution in [0.4, 0.5) is 0 Å². The summed E-state index contributed by atoms with van der Waals surface area (Å²) in [6.45, 7) is 6.65. The minimum atomic E-state index is -1.33. The molecule has 32 heavy (non-hydrogen) atoms. The molecule has 5 rings (SSSR count). The van der Waals surface area contributed by atoms with E-state index < -0.39 is 60.0 Å². The van der Waals surface area contributed by atoms with Crippen LogP contribution in [0.3, 0.4) is 0 Å². The molecule has 0 spiro atoms. The van der Waals surface area contributed by atoms with E-state index >= 15 is 0 Å². The molecule has 4 heterocycles. The van der Waals surface area contributed by atoms with E-state index in [0.29, 0.717) is 0 Å². The van der Waals surface area contributed by atoms with Crippen LogP contribution in [0.1, 0.15) is 39.2 Å². The molecule has 1 unspecified atom stereocenters. The molecular formula is C23H27NO8. The van der Waals surface area contributed by atoms with Crippen LogP contribution in [0, 0.1) is 5.92 Å². The molecule has 1 N–H and O–H groups in total. The Balaban J connectivity index is 1.60. The minimum Gasteiger partial charge on any atom is -0.422 e. The molecule has 1 aromatic heterocycles. The summed E-state index contributed by atoms with van der Waals surface area (Å²) in [5.41, 5.74) is 1.59. The average Bonchev–Trinajstić information content (AvgIpc) is 3.33. The summed E-state index contributed by atoms with van der Waals surface area (Å²) in [5.74, 6) is -5.50.